The first kappa shape index (κ1) is 39.8. The van der Waals surface area contributed by atoms with Crippen LogP contribution in [0.15, 0.2) is 71.8 Å². The van der Waals surface area contributed by atoms with Crippen LogP contribution in [0.4, 0.5) is 16.0 Å². The molecule has 2 aliphatic rings. The zero-order valence-electron chi connectivity index (χ0n) is 32.0. The highest BCUT2D eigenvalue weighted by atomic mass is 19.1. The van der Waals surface area contributed by atoms with E-state index in [0.29, 0.717) is 52.3 Å². The van der Waals surface area contributed by atoms with Crippen LogP contribution in [0.2, 0.25) is 0 Å². The van der Waals surface area contributed by atoms with Gasteiger partial charge in [0.1, 0.15) is 11.5 Å². The largest absolute Gasteiger partial charge is 0.377 e. The Morgan fingerprint density at radius 2 is 1.81 bits per heavy atom. The molecular formula is C40H53FN8O3. The molecular weight excluding hydrogens is 659 g/mol. The average Bonchev–Trinajstić information content (AvgIpc) is 3.10. The van der Waals surface area contributed by atoms with E-state index < -0.39 is 17.3 Å². The van der Waals surface area contributed by atoms with E-state index in [1.54, 1.807) is 30.3 Å². The summed E-state index contributed by atoms with van der Waals surface area (Å²) in [5.74, 6) is -0.203. The molecule has 2 aromatic heterocycles. The molecule has 3 N–H and O–H groups in total. The first-order chi connectivity index (χ1) is 24.8. The van der Waals surface area contributed by atoms with Gasteiger partial charge < -0.3 is 20.7 Å². The number of hydrogen-bond donors (Lipinski definition) is 2. The fourth-order valence-electron chi connectivity index (χ4n) is 6.11. The number of amides is 1. The number of likely N-dealkylation sites (N-methyl/N-ethyl adjacent to an activating group) is 1. The topological polar surface area (TPSA) is 132 Å². The van der Waals surface area contributed by atoms with Gasteiger partial charge in [-0.1, -0.05) is 73.6 Å². The maximum atomic E-state index is 15.4. The molecule has 2 aromatic carbocycles. The summed E-state index contributed by atoms with van der Waals surface area (Å²) in [5.41, 5.74) is 7.65. The number of anilines is 2. The zero-order chi connectivity index (χ0) is 38.3. The molecule has 2 unspecified atom stereocenters. The molecule has 2 fully saturated rings. The summed E-state index contributed by atoms with van der Waals surface area (Å²) in [6.07, 6.45) is 4.26. The predicted molar refractivity (Wildman–Crippen MR) is 208 cm³/mol. The van der Waals surface area contributed by atoms with E-state index in [4.69, 9.17) is 10.5 Å². The van der Waals surface area contributed by atoms with E-state index in [1.807, 2.05) is 47.6 Å². The van der Waals surface area contributed by atoms with Crippen LogP contribution in [0.5, 0.6) is 0 Å². The first-order valence-corrected chi connectivity index (χ1v) is 18.0. The zero-order valence-corrected chi connectivity index (χ0v) is 32.0. The van der Waals surface area contributed by atoms with E-state index in [-0.39, 0.29) is 23.1 Å². The number of carbonyl (C=O) groups excluding carboxylic acids is 1. The molecule has 11 nitrogen and oxygen atoms in total. The number of fused-ring (bicyclic) bond motifs is 2. The molecule has 1 amide bonds. The number of rotatable bonds is 10. The summed E-state index contributed by atoms with van der Waals surface area (Å²) in [6.45, 7) is 22.7. The van der Waals surface area contributed by atoms with Crippen molar-refractivity contribution < 1.29 is 13.9 Å². The number of nitrogens with two attached hydrogens (primary N) is 1. The van der Waals surface area contributed by atoms with Gasteiger partial charge in [0, 0.05) is 36.7 Å². The molecule has 12 heteroatoms. The minimum Gasteiger partial charge on any atom is -0.377 e. The lowest BCUT2D eigenvalue weighted by atomic mass is 9.86. The second kappa shape index (κ2) is 17.1. The highest BCUT2D eigenvalue weighted by Crippen LogP contribution is 2.35. The number of nitrogens with zero attached hydrogens (tertiary/aromatic N) is 6. The number of benzene rings is 2. The maximum Gasteiger partial charge on any atom is 0.282 e. The standard InChI is InChI=1S/C35H39FN8O3.C3H8.C2H6/c1-7-47-19-24-23(9-8-10-27(24)44-34(46)32-21(16-38-44)14-22(15-25(32)36)35(3,4)5)20(2)13-26(33(37)45)39-30-11-12-31(41-40-30)43-18-28-29(43)17-42(28)6;1-3-2;1-2/h8-16,28-29H,2,7,17-19H2,1,3-6H3,(H2,37,45)(H,39,40);3H2,1-2H3;1-2H3/b26-13+;;. The number of primary amides is 1. The fourth-order valence-corrected chi connectivity index (χ4v) is 6.11. The second-order valence-electron chi connectivity index (χ2n) is 13.8. The minimum absolute atomic E-state index is 0.0483. The number of allylic oxidation sites excluding steroid dienone is 2. The molecule has 52 heavy (non-hydrogen) atoms. The van der Waals surface area contributed by atoms with Crippen molar-refractivity contribution in [3.05, 3.63) is 99.9 Å². The highest BCUT2D eigenvalue weighted by molar-refractivity contribution is 5.98. The summed E-state index contributed by atoms with van der Waals surface area (Å²) < 4.78 is 22.4. The first-order valence-electron chi connectivity index (χ1n) is 18.0. The Morgan fingerprint density at radius 3 is 2.37 bits per heavy atom. The molecule has 4 heterocycles. The van der Waals surface area contributed by atoms with Gasteiger partial charge in [-0.15, -0.1) is 10.2 Å². The molecule has 6 rings (SSSR count). The van der Waals surface area contributed by atoms with Crippen LogP contribution in [-0.2, 0) is 21.6 Å². The van der Waals surface area contributed by atoms with E-state index in [0.717, 1.165) is 24.5 Å². The van der Waals surface area contributed by atoms with Crippen LogP contribution in [0.1, 0.15) is 78.5 Å². The van der Waals surface area contributed by atoms with Crippen molar-refractivity contribution in [3.63, 3.8) is 0 Å². The third-order valence-corrected chi connectivity index (χ3v) is 8.94. The van der Waals surface area contributed by atoms with Gasteiger partial charge in [0.2, 0.25) is 0 Å². The Labute approximate surface area is 306 Å². The summed E-state index contributed by atoms with van der Waals surface area (Å²) >= 11 is 0. The van der Waals surface area contributed by atoms with Gasteiger partial charge in [-0.3, -0.25) is 14.5 Å². The minimum atomic E-state index is -0.722. The summed E-state index contributed by atoms with van der Waals surface area (Å²) in [7, 11) is 2.11. The predicted octanol–water partition coefficient (Wildman–Crippen LogP) is 6.59. The molecule has 0 saturated carbocycles. The second-order valence-corrected chi connectivity index (χ2v) is 13.8. The Balaban J connectivity index is 0.00000115. The normalized spacial score (nSPS) is 16.7. The number of halogens is 1. The van der Waals surface area contributed by atoms with Gasteiger partial charge in [0.25, 0.3) is 11.5 Å². The van der Waals surface area contributed by atoms with Gasteiger partial charge in [-0.2, -0.15) is 9.78 Å². The highest BCUT2D eigenvalue weighted by Gasteiger charge is 2.50. The van der Waals surface area contributed by atoms with Crippen molar-refractivity contribution in [1.82, 2.24) is 24.9 Å². The van der Waals surface area contributed by atoms with E-state index in [9.17, 15) is 9.59 Å². The average molecular weight is 713 g/mol. The smallest absolute Gasteiger partial charge is 0.282 e. The number of likely N-dealkylation sites (tertiary alicyclic amines) is 1. The van der Waals surface area contributed by atoms with Crippen LogP contribution in [0.3, 0.4) is 0 Å². The van der Waals surface area contributed by atoms with Crippen molar-refractivity contribution in [2.75, 3.05) is 37.0 Å². The SMILES string of the molecule is C=C(/C=C(/Nc1ccc(N2CC3C2CN3C)nn1)C(N)=O)c1cccc(-n2ncc3cc(C(C)(C)C)cc(F)c3c2=O)c1COCC.CC.CCC. The number of carbonyl (C=O) groups is 1. The van der Waals surface area contributed by atoms with E-state index in [1.165, 1.54) is 29.4 Å². The van der Waals surface area contributed by atoms with Crippen LogP contribution < -0.4 is 21.5 Å². The Morgan fingerprint density at radius 1 is 1.10 bits per heavy atom. The van der Waals surface area contributed by atoms with Crippen molar-refractivity contribution >= 4 is 33.9 Å². The molecule has 0 aliphatic carbocycles. The summed E-state index contributed by atoms with van der Waals surface area (Å²) in [4.78, 5) is 30.8. The van der Waals surface area contributed by atoms with E-state index in [2.05, 4.69) is 57.9 Å². The summed E-state index contributed by atoms with van der Waals surface area (Å²) in [5, 5.41) is 16.4. The van der Waals surface area contributed by atoms with Gasteiger partial charge in [-0.05, 0) is 72.5 Å². The van der Waals surface area contributed by atoms with Crippen molar-refractivity contribution in [1.29, 1.82) is 0 Å². The Bertz CT molecular complexity index is 1980. The van der Waals surface area contributed by atoms with Gasteiger partial charge >= 0.3 is 0 Å². The molecule has 2 saturated heterocycles. The number of piperazine rings is 1. The van der Waals surface area contributed by atoms with Crippen molar-refractivity contribution in [2.45, 2.75) is 85.9 Å². The number of ether oxygens (including phenoxy) is 1. The van der Waals surface area contributed by atoms with Crippen molar-refractivity contribution in [3.8, 4) is 5.69 Å². The quantitative estimate of drug-likeness (QED) is 0.138. The summed E-state index contributed by atoms with van der Waals surface area (Å²) in [6, 6.07) is 13.1. The number of nitrogens with one attached hydrogen (secondary N) is 1. The molecule has 0 radical (unpaired) electrons. The third kappa shape index (κ3) is 8.40. The lowest BCUT2D eigenvalue weighted by molar-refractivity contribution is -0.114. The van der Waals surface area contributed by atoms with Crippen LogP contribution in [-0.4, -0.2) is 69.6 Å². The maximum absolute atomic E-state index is 15.4. The Hall–Kier alpha value is -4.94. The molecule has 4 aromatic rings. The molecule has 2 aliphatic heterocycles. The molecule has 278 valence electrons. The monoisotopic (exact) mass is 712 g/mol. The lowest BCUT2D eigenvalue weighted by Crippen LogP contribution is -2.78. The molecule has 0 spiro atoms. The van der Waals surface area contributed by atoms with E-state index >= 15 is 4.39 Å². The number of hydrogen-bond acceptors (Lipinski definition) is 9. The molecule has 2 atom stereocenters. The van der Waals surface area contributed by atoms with Crippen molar-refractivity contribution in [2.24, 2.45) is 5.73 Å². The van der Waals surface area contributed by atoms with Gasteiger partial charge in [0.15, 0.2) is 11.6 Å². The Kier molecular flexibility index (Phi) is 13.1. The number of aromatic nitrogens is 4. The van der Waals surface area contributed by atoms with Crippen LogP contribution in [0.25, 0.3) is 22.0 Å². The fraction of sp³-hybridized carbons (Fsp3) is 0.425. The lowest BCUT2D eigenvalue weighted by Gasteiger charge is -2.61. The van der Waals surface area contributed by atoms with Gasteiger partial charge in [-0.25, -0.2) is 4.39 Å². The van der Waals surface area contributed by atoms with Crippen LogP contribution in [0, 0.1) is 5.82 Å². The third-order valence-electron chi connectivity index (χ3n) is 8.94. The van der Waals surface area contributed by atoms with Crippen LogP contribution >= 0.6 is 0 Å². The van der Waals surface area contributed by atoms with Gasteiger partial charge in [0.05, 0.1) is 29.9 Å². The molecule has 0 bridgehead atoms.